The Hall–Kier alpha value is -2.75. The van der Waals surface area contributed by atoms with E-state index in [2.05, 4.69) is 15.4 Å². The van der Waals surface area contributed by atoms with Gasteiger partial charge >= 0.3 is 5.97 Å². The smallest absolute Gasteiger partial charge is 0.306 e. The fraction of sp³-hybridized carbons (Fsp3) is 0.500. The Morgan fingerprint density at radius 3 is 2.70 bits per heavy atom. The highest BCUT2D eigenvalue weighted by Crippen LogP contribution is 2.32. The topological polar surface area (TPSA) is 114 Å². The number of esters is 1. The SMILES string of the molecule is COC(=O)CCSCCNC(=O)C1c2ccccc2OCC(=O)N1CCNC(C)=O. The van der Waals surface area contributed by atoms with E-state index in [-0.39, 0.29) is 43.4 Å². The van der Waals surface area contributed by atoms with Gasteiger partial charge in [-0.05, 0) is 6.07 Å². The number of hydrogen-bond donors (Lipinski definition) is 2. The Morgan fingerprint density at radius 2 is 1.97 bits per heavy atom. The number of rotatable bonds is 10. The van der Waals surface area contributed by atoms with Crippen molar-refractivity contribution in [1.29, 1.82) is 0 Å². The maximum Gasteiger partial charge on any atom is 0.306 e. The number of methoxy groups -OCH3 is 1. The number of para-hydroxylation sites is 1. The lowest BCUT2D eigenvalue weighted by atomic mass is 10.0. The Morgan fingerprint density at radius 1 is 1.20 bits per heavy atom. The lowest BCUT2D eigenvalue weighted by Crippen LogP contribution is -2.47. The molecule has 0 saturated carbocycles. The van der Waals surface area contributed by atoms with Crippen LogP contribution in [0, 0.1) is 0 Å². The number of thioether (sulfide) groups is 1. The van der Waals surface area contributed by atoms with Crippen LogP contribution in [0.1, 0.15) is 24.9 Å². The molecule has 1 aromatic carbocycles. The van der Waals surface area contributed by atoms with Gasteiger partial charge in [0, 0.05) is 43.6 Å². The molecule has 164 valence electrons. The molecule has 1 aliphatic rings. The maximum absolute atomic E-state index is 13.0. The van der Waals surface area contributed by atoms with Crippen LogP contribution in [0.5, 0.6) is 5.75 Å². The number of nitrogens with zero attached hydrogens (tertiary/aromatic N) is 1. The summed E-state index contributed by atoms with van der Waals surface area (Å²) in [6, 6.07) is 6.19. The van der Waals surface area contributed by atoms with Crippen LogP contribution in [-0.2, 0) is 23.9 Å². The minimum atomic E-state index is -0.856. The van der Waals surface area contributed by atoms with E-state index in [9.17, 15) is 19.2 Å². The fourth-order valence-electron chi connectivity index (χ4n) is 2.96. The molecule has 0 aromatic heterocycles. The number of hydrogen-bond acceptors (Lipinski definition) is 7. The molecule has 0 aliphatic carbocycles. The van der Waals surface area contributed by atoms with Crippen LogP contribution in [0.15, 0.2) is 24.3 Å². The normalized spacial score (nSPS) is 15.5. The van der Waals surface area contributed by atoms with Crippen LogP contribution in [0.4, 0.5) is 0 Å². The average Bonchev–Trinajstić information content (AvgIpc) is 2.87. The zero-order valence-corrected chi connectivity index (χ0v) is 18.0. The van der Waals surface area contributed by atoms with Crippen molar-refractivity contribution >= 4 is 35.5 Å². The first kappa shape index (κ1) is 23.5. The van der Waals surface area contributed by atoms with Crippen molar-refractivity contribution in [3.05, 3.63) is 29.8 Å². The molecule has 3 amide bonds. The van der Waals surface area contributed by atoms with Gasteiger partial charge < -0.3 is 25.0 Å². The van der Waals surface area contributed by atoms with E-state index in [1.807, 2.05) is 0 Å². The van der Waals surface area contributed by atoms with Crippen LogP contribution in [-0.4, -0.2) is 73.4 Å². The monoisotopic (exact) mass is 437 g/mol. The molecule has 0 spiro atoms. The zero-order chi connectivity index (χ0) is 21.9. The van der Waals surface area contributed by atoms with Gasteiger partial charge in [0.25, 0.3) is 5.91 Å². The van der Waals surface area contributed by atoms with Gasteiger partial charge in [0.15, 0.2) is 6.61 Å². The number of carbonyl (C=O) groups is 4. The van der Waals surface area contributed by atoms with Gasteiger partial charge in [-0.25, -0.2) is 0 Å². The van der Waals surface area contributed by atoms with E-state index in [1.165, 1.54) is 30.7 Å². The summed E-state index contributed by atoms with van der Waals surface area (Å²) in [6.07, 6.45) is 0.313. The molecule has 10 heteroatoms. The first-order valence-electron chi connectivity index (χ1n) is 9.62. The number of fused-ring (bicyclic) bond motifs is 1. The molecule has 1 aromatic rings. The van der Waals surface area contributed by atoms with Crippen molar-refractivity contribution in [1.82, 2.24) is 15.5 Å². The molecule has 1 aliphatic heterocycles. The first-order valence-corrected chi connectivity index (χ1v) is 10.8. The van der Waals surface area contributed by atoms with Crippen molar-refractivity contribution in [2.24, 2.45) is 0 Å². The van der Waals surface area contributed by atoms with Gasteiger partial charge in [0.05, 0.1) is 13.5 Å². The van der Waals surface area contributed by atoms with E-state index in [0.29, 0.717) is 35.8 Å². The second-order valence-corrected chi connectivity index (χ2v) is 7.75. The molecule has 9 nitrogen and oxygen atoms in total. The van der Waals surface area contributed by atoms with E-state index in [0.717, 1.165) is 0 Å². The second kappa shape index (κ2) is 12.1. The number of ether oxygens (including phenoxy) is 2. The van der Waals surface area contributed by atoms with Gasteiger partial charge in [0.2, 0.25) is 11.8 Å². The van der Waals surface area contributed by atoms with Crippen molar-refractivity contribution in [2.45, 2.75) is 19.4 Å². The quantitative estimate of drug-likeness (QED) is 0.405. The summed E-state index contributed by atoms with van der Waals surface area (Å²) < 4.78 is 10.2. The molecule has 2 rings (SSSR count). The highest BCUT2D eigenvalue weighted by atomic mass is 32.2. The predicted octanol–water partition coefficient (Wildman–Crippen LogP) is 0.497. The highest BCUT2D eigenvalue weighted by molar-refractivity contribution is 7.99. The third-order valence-electron chi connectivity index (χ3n) is 4.40. The summed E-state index contributed by atoms with van der Waals surface area (Å²) >= 11 is 1.53. The molecule has 30 heavy (non-hydrogen) atoms. The van der Waals surface area contributed by atoms with E-state index in [4.69, 9.17) is 4.74 Å². The van der Waals surface area contributed by atoms with Crippen LogP contribution >= 0.6 is 11.8 Å². The average molecular weight is 438 g/mol. The molecular formula is C20H27N3O6S. The van der Waals surface area contributed by atoms with Gasteiger partial charge in [0.1, 0.15) is 11.8 Å². The molecular weight excluding hydrogens is 410 g/mol. The predicted molar refractivity (Wildman–Crippen MR) is 112 cm³/mol. The zero-order valence-electron chi connectivity index (χ0n) is 17.1. The third kappa shape index (κ3) is 6.94. The standard InChI is InChI=1S/C20H27N3O6S/c1-14(24)21-8-10-23-17(25)13-29-16-6-4-3-5-15(16)19(23)20(27)22-9-12-30-11-7-18(26)28-2/h3-6,19H,7-13H2,1-2H3,(H,21,24)(H,22,27). The molecule has 0 saturated heterocycles. The largest absolute Gasteiger partial charge is 0.483 e. The van der Waals surface area contributed by atoms with E-state index >= 15 is 0 Å². The third-order valence-corrected chi connectivity index (χ3v) is 5.38. The van der Waals surface area contributed by atoms with Crippen molar-refractivity contribution in [3.8, 4) is 5.75 Å². The molecule has 2 N–H and O–H groups in total. The van der Waals surface area contributed by atoms with E-state index in [1.54, 1.807) is 24.3 Å². The summed E-state index contributed by atoms with van der Waals surface area (Å²) in [5, 5.41) is 5.51. The van der Waals surface area contributed by atoms with Gasteiger partial charge in [-0.1, -0.05) is 18.2 Å². The summed E-state index contributed by atoms with van der Waals surface area (Å²) in [7, 11) is 1.35. The second-order valence-electron chi connectivity index (χ2n) is 6.53. The van der Waals surface area contributed by atoms with Gasteiger partial charge in [-0.2, -0.15) is 11.8 Å². The van der Waals surface area contributed by atoms with Crippen LogP contribution < -0.4 is 15.4 Å². The lowest BCUT2D eigenvalue weighted by molar-refractivity contribution is -0.141. The van der Waals surface area contributed by atoms with Crippen LogP contribution in [0.25, 0.3) is 0 Å². The van der Waals surface area contributed by atoms with Gasteiger partial charge in [-0.15, -0.1) is 0 Å². The minimum Gasteiger partial charge on any atom is -0.483 e. The van der Waals surface area contributed by atoms with Crippen molar-refractivity contribution < 1.29 is 28.7 Å². The number of carbonyl (C=O) groups excluding carboxylic acids is 4. The highest BCUT2D eigenvalue weighted by Gasteiger charge is 2.35. The number of nitrogens with one attached hydrogen (secondary N) is 2. The Kier molecular flexibility index (Phi) is 9.46. The molecule has 0 fully saturated rings. The van der Waals surface area contributed by atoms with E-state index < -0.39 is 6.04 Å². The molecule has 1 atom stereocenters. The summed E-state index contributed by atoms with van der Waals surface area (Å²) in [5.41, 5.74) is 0.599. The van der Waals surface area contributed by atoms with Crippen molar-refractivity contribution in [3.63, 3.8) is 0 Å². The number of amides is 3. The Labute approximate surface area is 179 Å². The lowest BCUT2D eigenvalue weighted by Gasteiger charge is -2.29. The molecule has 0 bridgehead atoms. The van der Waals surface area contributed by atoms with Crippen LogP contribution in [0.2, 0.25) is 0 Å². The summed E-state index contributed by atoms with van der Waals surface area (Å²) in [5.74, 6) is 0.577. The maximum atomic E-state index is 13.0. The number of benzene rings is 1. The molecule has 1 unspecified atom stereocenters. The van der Waals surface area contributed by atoms with Crippen molar-refractivity contribution in [2.75, 3.05) is 44.9 Å². The molecule has 1 heterocycles. The first-order chi connectivity index (χ1) is 14.4. The Bertz CT molecular complexity index is 773. The molecule has 0 radical (unpaired) electrons. The Balaban J connectivity index is 2.04. The summed E-state index contributed by atoms with van der Waals surface area (Å²) in [4.78, 5) is 49.4. The fourth-order valence-corrected chi connectivity index (χ4v) is 3.73. The van der Waals surface area contributed by atoms with Gasteiger partial charge in [-0.3, -0.25) is 19.2 Å². The summed E-state index contributed by atoms with van der Waals surface area (Å²) in [6.45, 7) is 2.02. The van der Waals surface area contributed by atoms with Crippen LogP contribution in [0.3, 0.4) is 0 Å². The minimum absolute atomic E-state index is 0.176.